The van der Waals surface area contributed by atoms with E-state index in [1.807, 2.05) is 0 Å². The van der Waals surface area contributed by atoms with Crippen LogP contribution in [0.25, 0.3) is 0 Å². The van der Waals surface area contributed by atoms with Crippen molar-refractivity contribution in [2.45, 2.75) is 38.6 Å². The second-order valence-corrected chi connectivity index (χ2v) is 6.50. The average molecular weight is 252 g/mol. The molecule has 0 bridgehead atoms. The summed E-state index contributed by atoms with van der Waals surface area (Å²) >= 11 is 0. The molecule has 1 heterocycles. The molecule has 3 atom stereocenters. The van der Waals surface area contributed by atoms with Gasteiger partial charge in [-0.05, 0) is 44.1 Å². The number of nitrogens with one attached hydrogen (secondary N) is 1. The molecule has 104 valence electrons. The molecule has 0 amide bonds. The zero-order chi connectivity index (χ0) is 12.4. The van der Waals surface area contributed by atoms with Gasteiger partial charge >= 0.3 is 0 Å². The second kappa shape index (κ2) is 5.89. The van der Waals surface area contributed by atoms with E-state index >= 15 is 0 Å². The first kappa shape index (κ1) is 12.9. The van der Waals surface area contributed by atoms with Gasteiger partial charge < -0.3 is 10.1 Å². The molecule has 3 heteroatoms. The molecule has 0 radical (unpaired) electrons. The van der Waals surface area contributed by atoms with Crippen molar-refractivity contribution < 1.29 is 4.74 Å². The van der Waals surface area contributed by atoms with E-state index in [1.54, 1.807) is 0 Å². The number of hydrogen-bond acceptors (Lipinski definition) is 3. The Balaban J connectivity index is 1.33. The lowest BCUT2D eigenvalue weighted by Crippen LogP contribution is -2.44. The number of morpholine rings is 1. The maximum Gasteiger partial charge on any atom is 0.0594 e. The zero-order valence-electron chi connectivity index (χ0n) is 11.7. The summed E-state index contributed by atoms with van der Waals surface area (Å²) in [5.74, 6) is 3.18. The van der Waals surface area contributed by atoms with Crippen molar-refractivity contribution in [3.63, 3.8) is 0 Å². The first-order valence-corrected chi connectivity index (χ1v) is 7.88. The normalized spacial score (nSPS) is 38.2. The summed E-state index contributed by atoms with van der Waals surface area (Å²) in [6.45, 7) is 8.84. The number of fused-ring (bicyclic) bond motifs is 1. The van der Waals surface area contributed by atoms with Crippen LogP contribution in [0.5, 0.6) is 0 Å². The van der Waals surface area contributed by atoms with Crippen LogP contribution in [0, 0.1) is 17.8 Å². The van der Waals surface area contributed by atoms with E-state index in [4.69, 9.17) is 4.74 Å². The Labute approximate surface area is 111 Å². The molecule has 3 nitrogen and oxygen atoms in total. The van der Waals surface area contributed by atoms with Crippen LogP contribution in [-0.2, 0) is 4.74 Å². The molecule has 2 aliphatic carbocycles. The van der Waals surface area contributed by atoms with Gasteiger partial charge in [0.1, 0.15) is 0 Å². The largest absolute Gasteiger partial charge is 0.379 e. The van der Waals surface area contributed by atoms with Crippen LogP contribution in [0.2, 0.25) is 0 Å². The molecule has 3 fully saturated rings. The Morgan fingerprint density at radius 3 is 2.50 bits per heavy atom. The minimum absolute atomic E-state index is 0.630. The molecular weight excluding hydrogens is 224 g/mol. The summed E-state index contributed by atoms with van der Waals surface area (Å²) in [4.78, 5) is 2.53. The molecule has 1 N–H and O–H groups in total. The van der Waals surface area contributed by atoms with Crippen molar-refractivity contribution in [2.75, 3.05) is 39.4 Å². The topological polar surface area (TPSA) is 24.5 Å². The molecule has 1 saturated heterocycles. The molecular formula is C15H28N2O. The highest BCUT2D eigenvalue weighted by molar-refractivity contribution is 5.00. The third-order valence-corrected chi connectivity index (χ3v) is 5.17. The van der Waals surface area contributed by atoms with Gasteiger partial charge in [0.2, 0.25) is 0 Å². The fourth-order valence-corrected chi connectivity index (χ4v) is 4.02. The van der Waals surface area contributed by atoms with E-state index in [-0.39, 0.29) is 0 Å². The van der Waals surface area contributed by atoms with E-state index < -0.39 is 0 Å². The smallest absolute Gasteiger partial charge is 0.0594 e. The van der Waals surface area contributed by atoms with Gasteiger partial charge in [-0.15, -0.1) is 0 Å². The van der Waals surface area contributed by atoms with Gasteiger partial charge in [-0.3, -0.25) is 4.90 Å². The number of nitrogens with zero attached hydrogens (tertiary/aromatic N) is 1. The average Bonchev–Trinajstić information content (AvgIpc) is 3.11. The molecule has 3 aliphatic rings. The van der Waals surface area contributed by atoms with E-state index in [1.165, 1.54) is 38.8 Å². The molecule has 3 unspecified atom stereocenters. The number of hydrogen-bond donors (Lipinski definition) is 1. The first-order chi connectivity index (χ1) is 8.84. The van der Waals surface area contributed by atoms with E-state index in [0.29, 0.717) is 6.04 Å². The van der Waals surface area contributed by atoms with Gasteiger partial charge in [-0.1, -0.05) is 12.8 Å². The van der Waals surface area contributed by atoms with Gasteiger partial charge in [0.25, 0.3) is 0 Å². The third kappa shape index (κ3) is 3.06. The predicted molar refractivity (Wildman–Crippen MR) is 73.7 cm³/mol. The zero-order valence-corrected chi connectivity index (χ0v) is 11.7. The predicted octanol–water partition coefficient (Wildman–Crippen LogP) is 1.73. The van der Waals surface area contributed by atoms with Crippen LogP contribution in [0.15, 0.2) is 0 Å². The van der Waals surface area contributed by atoms with Crippen LogP contribution in [-0.4, -0.2) is 50.3 Å². The minimum atomic E-state index is 0.630. The second-order valence-electron chi connectivity index (χ2n) is 6.50. The van der Waals surface area contributed by atoms with Crippen LogP contribution in [0.1, 0.15) is 32.6 Å². The number of ether oxygens (including phenoxy) is 1. The van der Waals surface area contributed by atoms with Gasteiger partial charge in [0, 0.05) is 25.7 Å². The fraction of sp³-hybridized carbons (Fsp3) is 1.00. The molecule has 18 heavy (non-hydrogen) atoms. The summed E-state index contributed by atoms with van der Waals surface area (Å²) < 4.78 is 5.39. The monoisotopic (exact) mass is 252 g/mol. The molecule has 0 aromatic rings. The summed E-state index contributed by atoms with van der Waals surface area (Å²) in [6.07, 6.45) is 5.99. The summed E-state index contributed by atoms with van der Waals surface area (Å²) in [5.41, 5.74) is 0. The van der Waals surface area contributed by atoms with E-state index in [0.717, 1.165) is 44.1 Å². The van der Waals surface area contributed by atoms with Crippen molar-refractivity contribution in [2.24, 2.45) is 17.8 Å². The third-order valence-electron chi connectivity index (χ3n) is 5.17. The quantitative estimate of drug-likeness (QED) is 0.806. The highest BCUT2D eigenvalue weighted by atomic mass is 16.5. The van der Waals surface area contributed by atoms with Crippen LogP contribution < -0.4 is 5.32 Å². The molecule has 2 saturated carbocycles. The van der Waals surface area contributed by atoms with Crippen LogP contribution in [0.4, 0.5) is 0 Å². The molecule has 0 aromatic heterocycles. The number of rotatable bonds is 5. The molecule has 0 spiro atoms. The SMILES string of the molecule is CC(CN1CCOCC1)NCC1C2CCCCC21. The Morgan fingerprint density at radius 2 is 1.83 bits per heavy atom. The van der Waals surface area contributed by atoms with Gasteiger partial charge in [-0.2, -0.15) is 0 Å². The lowest BCUT2D eigenvalue weighted by molar-refractivity contribution is 0.0343. The summed E-state index contributed by atoms with van der Waals surface area (Å²) in [7, 11) is 0. The minimum Gasteiger partial charge on any atom is -0.379 e. The standard InChI is InChI=1S/C15H28N2O/c1-12(11-17-6-8-18-9-7-17)16-10-15-13-4-2-3-5-14(13)15/h12-16H,2-11H2,1H3. The van der Waals surface area contributed by atoms with Gasteiger partial charge in [0.05, 0.1) is 13.2 Å². The van der Waals surface area contributed by atoms with Gasteiger partial charge in [0.15, 0.2) is 0 Å². The van der Waals surface area contributed by atoms with E-state index in [9.17, 15) is 0 Å². The van der Waals surface area contributed by atoms with Crippen molar-refractivity contribution in [3.8, 4) is 0 Å². The molecule has 1 aliphatic heterocycles. The van der Waals surface area contributed by atoms with Crippen LogP contribution >= 0.6 is 0 Å². The van der Waals surface area contributed by atoms with E-state index in [2.05, 4.69) is 17.1 Å². The Hall–Kier alpha value is -0.120. The highest BCUT2D eigenvalue weighted by Gasteiger charge is 2.49. The fourth-order valence-electron chi connectivity index (χ4n) is 4.02. The maximum atomic E-state index is 5.39. The summed E-state index contributed by atoms with van der Waals surface area (Å²) in [6, 6.07) is 0.630. The highest BCUT2D eigenvalue weighted by Crippen LogP contribution is 2.54. The molecule has 0 aromatic carbocycles. The Kier molecular flexibility index (Phi) is 4.22. The van der Waals surface area contributed by atoms with Crippen LogP contribution in [0.3, 0.4) is 0 Å². The van der Waals surface area contributed by atoms with Crippen molar-refractivity contribution in [1.82, 2.24) is 10.2 Å². The Bertz CT molecular complexity index is 253. The molecule has 3 rings (SSSR count). The van der Waals surface area contributed by atoms with Crippen molar-refractivity contribution in [3.05, 3.63) is 0 Å². The lowest BCUT2D eigenvalue weighted by Gasteiger charge is -2.29. The van der Waals surface area contributed by atoms with Crippen molar-refractivity contribution in [1.29, 1.82) is 0 Å². The Morgan fingerprint density at radius 1 is 1.17 bits per heavy atom. The van der Waals surface area contributed by atoms with Gasteiger partial charge in [-0.25, -0.2) is 0 Å². The maximum absolute atomic E-state index is 5.39. The first-order valence-electron chi connectivity index (χ1n) is 7.88. The summed E-state index contributed by atoms with van der Waals surface area (Å²) in [5, 5.41) is 3.77. The lowest BCUT2D eigenvalue weighted by atomic mass is 10.0. The van der Waals surface area contributed by atoms with Crippen molar-refractivity contribution >= 4 is 0 Å².